The Labute approximate surface area is 79.0 Å². The minimum absolute atomic E-state index is 0.150. The maximum absolute atomic E-state index is 10.5. The number of aromatic nitrogens is 2. The minimum Gasteiger partial charge on any atom is -0.478 e. The predicted molar refractivity (Wildman–Crippen MR) is 46.7 cm³/mol. The van der Waals surface area contributed by atoms with Gasteiger partial charge in [-0.15, -0.1) is 0 Å². The summed E-state index contributed by atoms with van der Waals surface area (Å²) in [6.45, 7) is 0. The lowest BCUT2D eigenvalue weighted by molar-refractivity contribution is 0.0696. The lowest BCUT2D eigenvalue weighted by Crippen LogP contribution is -1.96. The first kappa shape index (κ1) is 8.43. The van der Waals surface area contributed by atoms with Gasteiger partial charge in [0.25, 0.3) is 0 Å². The van der Waals surface area contributed by atoms with E-state index in [9.17, 15) is 4.79 Å². The number of carbonyl (C=O) groups is 1. The van der Waals surface area contributed by atoms with E-state index in [1.54, 1.807) is 6.07 Å². The van der Waals surface area contributed by atoms with Gasteiger partial charge < -0.3 is 9.52 Å². The summed E-state index contributed by atoms with van der Waals surface area (Å²) in [6, 6.07) is 3.06. The number of carboxylic acids is 1. The van der Waals surface area contributed by atoms with Crippen molar-refractivity contribution in [3.8, 4) is 11.4 Å². The Bertz CT molecular complexity index is 434. The maximum atomic E-state index is 10.5. The van der Waals surface area contributed by atoms with Crippen LogP contribution in [0.15, 0.2) is 35.4 Å². The van der Waals surface area contributed by atoms with Gasteiger partial charge in [-0.1, -0.05) is 0 Å². The molecule has 0 amide bonds. The molecule has 0 bridgehead atoms. The summed E-state index contributed by atoms with van der Waals surface area (Å²) in [5.41, 5.74) is 1.32. The first-order valence-corrected chi connectivity index (χ1v) is 3.85. The van der Waals surface area contributed by atoms with Crippen molar-refractivity contribution in [3.63, 3.8) is 0 Å². The smallest absolute Gasteiger partial charge is 0.337 e. The molecule has 0 radical (unpaired) electrons. The molecule has 0 spiro atoms. The van der Waals surface area contributed by atoms with E-state index in [4.69, 9.17) is 9.52 Å². The van der Waals surface area contributed by atoms with Gasteiger partial charge in [-0.2, -0.15) is 0 Å². The van der Waals surface area contributed by atoms with Crippen LogP contribution in [0.5, 0.6) is 0 Å². The summed E-state index contributed by atoms with van der Waals surface area (Å²) < 4.78 is 4.78. The van der Waals surface area contributed by atoms with Crippen molar-refractivity contribution in [2.24, 2.45) is 0 Å². The molecule has 2 rings (SSSR count). The molecule has 5 nitrogen and oxygen atoms in total. The van der Waals surface area contributed by atoms with E-state index in [0.717, 1.165) is 0 Å². The van der Waals surface area contributed by atoms with Gasteiger partial charge in [0.05, 0.1) is 11.3 Å². The zero-order valence-corrected chi connectivity index (χ0v) is 7.04. The Morgan fingerprint density at radius 2 is 2.14 bits per heavy atom. The Balaban J connectivity index is 2.36. The monoisotopic (exact) mass is 190 g/mol. The first-order chi connectivity index (χ1) is 6.77. The maximum Gasteiger partial charge on any atom is 0.337 e. The van der Waals surface area contributed by atoms with E-state index in [2.05, 4.69) is 9.97 Å². The summed E-state index contributed by atoms with van der Waals surface area (Å²) in [6.07, 6.45) is 4.03. The number of aromatic carboxylic acids is 1. The molecule has 1 N–H and O–H groups in total. The molecule has 0 fully saturated rings. The molecule has 2 heterocycles. The Kier molecular flexibility index (Phi) is 1.98. The summed E-state index contributed by atoms with van der Waals surface area (Å²) in [7, 11) is 0. The SMILES string of the molecule is O=C(O)c1ccc(-c2cocn2)nc1. The highest BCUT2D eigenvalue weighted by molar-refractivity contribution is 5.87. The highest BCUT2D eigenvalue weighted by atomic mass is 16.4. The Morgan fingerprint density at radius 3 is 2.64 bits per heavy atom. The molecule has 14 heavy (non-hydrogen) atoms. The fraction of sp³-hybridized carbons (Fsp3) is 0. The highest BCUT2D eigenvalue weighted by Gasteiger charge is 2.05. The topological polar surface area (TPSA) is 76.2 Å². The van der Waals surface area contributed by atoms with Crippen LogP contribution in [-0.2, 0) is 0 Å². The van der Waals surface area contributed by atoms with Crippen LogP contribution in [0.2, 0.25) is 0 Å². The van der Waals surface area contributed by atoms with E-state index in [0.29, 0.717) is 11.4 Å². The summed E-state index contributed by atoms with van der Waals surface area (Å²) in [5.74, 6) is -0.996. The fourth-order valence-electron chi connectivity index (χ4n) is 1.01. The van der Waals surface area contributed by atoms with Gasteiger partial charge in [0.2, 0.25) is 0 Å². The lowest BCUT2D eigenvalue weighted by atomic mass is 10.2. The van der Waals surface area contributed by atoms with Gasteiger partial charge in [0.1, 0.15) is 12.0 Å². The molecule has 0 aliphatic heterocycles. The number of hydrogen-bond donors (Lipinski definition) is 1. The number of nitrogens with zero attached hydrogens (tertiary/aromatic N) is 2. The van der Waals surface area contributed by atoms with Gasteiger partial charge in [0, 0.05) is 6.20 Å². The van der Waals surface area contributed by atoms with Crippen molar-refractivity contribution < 1.29 is 14.3 Å². The summed E-state index contributed by atoms with van der Waals surface area (Å²) >= 11 is 0. The van der Waals surface area contributed by atoms with Crippen LogP contribution in [0.4, 0.5) is 0 Å². The quantitative estimate of drug-likeness (QED) is 0.775. The Morgan fingerprint density at radius 1 is 1.29 bits per heavy atom. The number of oxazole rings is 1. The van der Waals surface area contributed by atoms with Crippen molar-refractivity contribution >= 4 is 5.97 Å². The minimum atomic E-state index is -0.996. The molecule has 0 atom stereocenters. The molecule has 0 saturated carbocycles. The van der Waals surface area contributed by atoms with E-state index in [1.807, 2.05) is 0 Å². The number of carboxylic acid groups (broad SMARTS) is 1. The highest BCUT2D eigenvalue weighted by Crippen LogP contribution is 2.13. The van der Waals surface area contributed by atoms with Crippen molar-refractivity contribution in [1.82, 2.24) is 9.97 Å². The van der Waals surface area contributed by atoms with Crippen molar-refractivity contribution in [2.45, 2.75) is 0 Å². The van der Waals surface area contributed by atoms with Gasteiger partial charge in [-0.25, -0.2) is 9.78 Å². The van der Waals surface area contributed by atoms with Crippen molar-refractivity contribution in [3.05, 3.63) is 36.5 Å². The third-order valence-corrected chi connectivity index (χ3v) is 1.71. The molecular formula is C9H6N2O3. The third-order valence-electron chi connectivity index (χ3n) is 1.71. The Hall–Kier alpha value is -2.17. The number of pyridine rings is 1. The molecule has 5 heteroatoms. The first-order valence-electron chi connectivity index (χ1n) is 3.85. The molecule has 0 aliphatic carbocycles. The molecule has 70 valence electrons. The zero-order valence-electron chi connectivity index (χ0n) is 7.04. The normalized spacial score (nSPS) is 10.0. The number of rotatable bonds is 2. The largest absolute Gasteiger partial charge is 0.478 e. The molecule has 0 aromatic carbocycles. The van der Waals surface area contributed by atoms with E-state index in [1.165, 1.54) is 24.9 Å². The molecule has 0 aliphatic rings. The molecule has 2 aromatic rings. The van der Waals surface area contributed by atoms with Crippen LogP contribution in [0, 0.1) is 0 Å². The third kappa shape index (κ3) is 1.47. The second kappa shape index (κ2) is 3.29. The summed E-state index contributed by atoms with van der Waals surface area (Å²) in [5, 5.41) is 8.63. The fourth-order valence-corrected chi connectivity index (χ4v) is 1.01. The second-order valence-electron chi connectivity index (χ2n) is 2.61. The van der Waals surface area contributed by atoms with Gasteiger partial charge in [-0.3, -0.25) is 4.98 Å². The van der Waals surface area contributed by atoms with Crippen LogP contribution >= 0.6 is 0 Å². The van der Waals surface area contributed by atoms with Crippen LogP contribution < -0.4 is 0 Å². The molecule has 0 saturated heterocycles. The van der Waals surface area contributed by atoms with Crippen LogP contribution in [-0.4, -0.2) is 21.0 Å². The molecule has 2 aromatic heterocycles. The average Bonchev–Trinajstić information content (AvgIpc) is 2.71. The van der Waals surface area contributed by atoms with Crippen molar-refractivity contribution in [2.75, 3.05) is 0 Å². The van der Waals surface area contributed by atoms with Gasteiger partial charge in [0.15, 0.2) is 6.39 Å². The number of hydrogen-bond acceptors (Lipinski definition) is 4. The van der Waals surface area contributed by atoms with Gasteiger partial charge >= 0.3 is 5.97 Å². The zero-order chi connectivity index (χ0) is 9.97. The van der Waals surface area contributed by atoms with E-state index in [-0.39, 0.29) is 5.56 Å². The van der Waals surface area contributed by atoms with E-state index < -0.39 is 5.97 Å². The van der Waals surface area contributed by atoms with Crippen LogP contribution in [0.1, 0.15) is 10.4 Å². The lowest BCUT2D eigenvalue weighted by Gasteiger charge is -1.95. The van der Waals surface area contributed by atoms with Gasteiger partial charge in [-0.05, 0) is 12.1 Å². The molecular weight excluding hydrogens is 184 g/mol. The van der Waals surface area contributed by atoms with E-state index >= 15 is 0 Å². The second-order valence-corrected chi connectivity index (χ2v) is 2.61. The molecule has 0 unspecified atom stereocenters. The van der Waals surface area contributed by atoms with Crippen molar-refractivity contribution in [1.29, 1.82) is 0 Å². The standard InChI is InChI=1S/C9H6N2O3/c12-9(13)6-1-2-7(10-3-6)8-4-14-5-11-8/h1-5H,(H,12,13). The average molecular weight is 190 g/mol. The van der Waals surface area contributed by atoms with Crippen LogP contribution in [0.3, 0.4) is 0 Å². The summed E-state index contributed by atoms with van der Waals surface area (Å²) in [4.78, 5) is 18.3. The predicted octanol–water partition coefficient (Wildman–Crippen LogP) is 1.43. The van der Waals surface area contributed by atoms with Crippen LogP contribution in [0.25, 0.3) is 11.4 Å².